The Bertz CT molecular complexity index is 2070. The van der Waals surface area contributed by atoms with E-state index in [0.717, 1.165) is 89.2 Å². The molecule has 5 aliphatic rings. The minimum atomic E-state index is -0.437. The highest BCUT2D eigenvalue weighted by molar-refractivity contribution is 8.24. The Morgan fingerprint density at radius 1 is 0.514 bits per heavy atom. The number of nitrogens with zero attached hydrogens (tertiary/aromatic N) is 2. The lowest BCUT2D eigenvalue weighted by Gasteiger charge is -2.37. The Hall–Kier alpha value is -5.06. The van der Waals surface area contributed by atoms with Crippen molar-refractivity contribution in [1.82, 2.24) is 0 Å². The molecule has 4 fully saturated rings. The van der Waals surface area contributed by atoms with Gasteiger partial charge in [0.2, 0.25) is 0 Å². The molecule has 2 unspecified atom stereocenters. The molecular weight excluding hydrogens is 957 g/mol. The molecule has 14 nitrogen and oxygen atoms in total. The highest BCUT2D eigenvalue weighted by Gasteiger charge is 2.39. The van der Waals surface area contributed by atoms with Gasteiger partial charge in [0.05, 0.1) is 64.1 Å². The van der Waals surface area contributed by atoms with Crippen LogP contribution in [0, 0.1) is 81.8 Å². The van der Waals surface area contributed by atoms with E-state index < -0.39 is 11.9 Å². The van der Waals surface area contributed by atoms with Crippen LogP contribution in [-0.2, 0) is 47.7 Å². The van der Waals surface area contributed by atoms with Gasteiger partial charge in [0.1, 0.15) is 29.2 Å². The average Bonchev–Trinajstić information content (AvgIpc) is 3.85. The molecule has 1 aromatic rings. The largest absolute Gasteiger partial charge is 0.465 e. The zero-order chi connectivity index (χ0) is 51.6. The Kier molecular flexibility index (Phi) is 22.2. The molecular formula is C56H72N2O12S2. The van der Waals surface area contributed by atoms with Crippen LogP contribution in [0.5, 0.6) is 11.5 Å². The van der Waals surface area contributed by atoms with Crippen molar-refractivity contribution in [2.75, 3.05) is 26.4 Å². The number of benzene rings is 1. The predicted octanol–water partition coefficient (Wildman–Crippen LogP) is 11.6. The number of fused-ring (bicyclic) bond motifs is 1. The molecule has 1 aromatic carbocycles. The molecule has 0 bridgehead atoms. The van der Waals surface area contributed by atoms with E-state index in [1.54, 1.807) is 12.1 Å². The highest BCUT2D eigenvalue weighted by Crippen LogP contribution is 2.59. The third-order valence-corrected chi connectivity index (χ3v) is 18.4. The first kappa shape index (κ1) is 56.2. The molecule has 1 heterocycles. The summed E-state index contributed by atoms with van der Waals surface area (Å²) in [5, 5.41) is 19.4. The first-order chi connectivity index (χ1) is 34.8. The fourth-order valence-corrected chi connectivity index (χ4v) is 13.6. The van der Waals surface area contributed by atoms with E-state index >= 15 is 0 Å². The number of allylic oxidation sites excluding steroid dienone is 1. The quantitative estimate of drug-likeness (QED) is 0.0348. The lowest BCUT2D eigenvalue weighted by molar-refractivity contribution is -0.151. The Morgan fingerprint density at radius 2 is 0.806 bits per heavy atom. The summed E-state index contributed by atoms with van der Waals surface area (Å²) >= 11 is 2.35. The molecule has 4 saturated carbocycles. The zero-order valence-electron chi connectivity index (χ0n) is 42.1. The summed E-state index contributed by atoms with van der Waals surface area (Å²) in [4.78, 5) is 76.8. The molecule has 4 aliphatic carbocycles. The van der Waals surface area contributed by atoms with Crippen molar-refractivity contribution in [2.45, 2.75) is 152 Å². The van der Waals surface area contributed by atoms with Crippen molar-refractivity contribution in [1.29, 1.82) is 10.5 Å². The number of ether oxygens (including phenoxy) is 6. The van der Waals surface area contributed by atoms with Gasteiger partial charge < -0.3 is 28.4 Å². The number of rotatable bonds is 22. The van der Waals surface area contributed by atoms with Crippen LogP contribution in [0.4, 0.5) is 0 Å². The van der Waals surface area contributed by atoms with Crippen molar-refractivity contribution in [2.24, 2.45) is 59.2 Å². The molecule has 72 heavy (non-hydrogen) atoms. The van der Waals surface area contributed by atoms with Crippen molar-refractivity contribution < 1.29 is 57.2 Å². The summed E-state index contributed by atoms with van der Waals surface area (Å²) in [6, 6.07) is 7.21. The standard InChI is InChI=1S/C56H72N2O12S2/c1-5-48(59)65-29-25-35(3)27-31-67-52(61)41-15-7-37(8-16-41)39-11-19-43(20-12-39)54(63)69-46-23-24-47(51-50(46)71-56(72-51)45(33-57)34-58)70-55(64)44-21-13-40(14-22-44)38-9-17-42(18-10-38)53(62)68-32-28-36(4)26-30-66-49(60)6-2/h5-6,23-24,35-44H,1-2,7-22,25-32H2,3-4H3. The van der Waals surface area contributed by atoms with E-state index in [1.165, 1.54) is 23.5 Å². The number of carbonyl (C=O) groups excluding carboxylic acids is 6. The minimum Gasteiger partial charge on any atom is -0.465 e. The van der Waals surface area contributed by atoms with Crippen molar-refractivity contribution in [3.63, 3.8) is 0 Å². The van der Waals surface area contributed by atoms with E-state index in [4.69, 9.17) is 28.4 Å². The van der Waals surface area contributed by atoms with Crippen LogP contribution in [0.3, 0.4) is 0 Å². The zero-order valence-corrected chi connectivity index (χ0v) is 43.7. The van der Waals surface area contributed by atoms with Gasteiger partial charge in [0, 0.05) is 12.2 Å². The van der Waals surface area contributed by atoms with Gasteiger partial charge in [-0.2, -0.15) is 10.5 Å². The van der Waals surface area contributed by atoms with E-state index in [-0.39, 0.29) is 65.0 Å². The Balaban J connectivity index is 0.922. The summed E-state index contributed by atoms with van der Waals surface area (Å²) < 4.78 is 34.0. The number of thioether (sulfide) groups is 2. The maximum Gasteiger partial charge on any atom is 0.330 e. The molecule has 0 spiro atoms. The Labute approximate surface area is 433 Å². The van der Waals surface area contributed by atoms with Crippen LogP contribution >= 0.6 is 23.5 Å². The second kappa shape index (κ2) is 28.4. The fourth-order valence-electron chi connectivity index (χ4n) is 11.1. The number of nitriles is 2. The number of hydrogen-bond donors (Lipinski definition) is 0. The van der Waals surface area contributed by atoms with E-state index in [9.17, 15) is 39.3 Å². The smallest absolute Gasteiger partial charge is 0.330 e. The summed E-state index contributed by atoms with van der Waals surface area (Å²) in [7, 11) is 0. The molecule has 390 valence electrons. The number of esters is 6. The first-order valence-corrected chi connectivity index (χ1v) is 27.9. The van der Waals surface area contributed by atoms with E-state index in [1.807, 2.05) is 26.0 Å². The summed E-state index contributed by atoms with van der Waals surface area (Å²) in [6.07, 6.45) is 18.5. The first-order valence-electron chi connectivity index (χ1n) is 26.2. The van der Waals surface area contributed by atoms with Gasteiger partial charge in [0.25, 0.3) is 0 Å². The second-order valence-electron chi connectivity index (χ2n) is 20.5. The van der Waals surface area contributed by atoms with Crippen LogP contribution in [0.2, 0.25) is 0 Å². The number of carbonyl (C=O) groups is 6. The highest BCUT2D eigenvalue weighted by atomic mass is 32.2. The SMILES string of the molecule is C=CC(=O)OCCC(C)CCOC(=O)C1CCC(C2CCC(C(=O)Oc3ccc(OC(=O)C4CCC(C5CCC(C(=O)OCCC(C)CCOC(=O)C=C)CC5)CC4)c4c3SC(=C(C#N)C#N)S4)CC2)CC1. The van der Waals surface area contributed by atoms with E-state index in [0.29, 0.717) is 127 Å². The van der Waals surface area contributed by atoms with Gasteiger partial charge in [-0.15, -0.1) is 0 Å². The molecule has 2 atom stereocenters. The van der Waals surface area contributed by atoms with Crippen LogP contribution in [0.25, 0.3) is 0 Å². The van der Waals surface area contributed by atoms with Gasteiger partial charge in [-0.3, -0.25) is 19.2 Å². The monoisotopic (exact) mass is 1030 g/mol. The Morgan fingerprint density at radius 3 is 1.10 bits per heavy atom. The predicted molar refractivity (Wildman–Crippen MR) is 270 cm³/mol. The third kappa shape index (κ3) is 16.2. The molecule has 0 radical (unpaired) electrons. The molecule has 0 aromatic heterocycles. The van der Waals surface area contributed by atoms with Gasteiger partial charge in [0.15, 0.2) is 0 Å². The third-order valence-electron chi connectivity index (χ3n) is 15.8. The van der Waals surface area contributed by atoms with Crippen molar-refractivity contribution in [3.8, 4) is 23.6 Å². The van der Waals surface area contributed by atoms with Gasteiger partial charge in [-0.05, 0) is 176 Å². The molecule has 0 amide bonds. The fraction of sp³-hybridized carbons (Fsp3) is 0.643. The van der Waals surface area contributed by atoms with Crippen molar-refractivity contribution in [3.05, 3.63) is 47.3 Å². The second-order valence-corrected chi connectivity index (χ2v) is 22.8. The van der Waals surface area contributed by atoms with Gasteiger partial charge >= 0.3 is 35.8 Å². The summed E-state index contributed by atoms with van der Waals surface area (Å²) in [5.74, 6) is 0.555. The molecule has 6 rings (SSSR count). The minimum absolute atomic E-state index is 0.0663. The normalized spacial score (nSPS) is 25.6. The van der Waals surface area contributed by atoms with Gasteiger partial charge in [-0.25, -0.2) is 9.59 Å². The summed E-state index contributed by atoms with van der Waals surface area (Å²) in [6.45, 7) is 12.2. The average molecular weight is 1030 g/mol. The summed E-state index contributed by atoms with van der Waals surface area (Å²) in [5.41, 5.74) is -0.0663. The van der Waals surface area contributed by atoms with Crippen LogP contribution in [-0.4, -0.2) is 62.2 Å². The van der Waals surface area contributed by atoms with Crippen LogP contribution < -0.4 is 9.47 Å². The van der Waals surface area contributed by atoms with Crippen LogP contribution in [0.15, 0.2) is 57.0 Å². The molecule has 0 saturated heterocycles. The maximum atomic E-state index is 13.7. The van der Waals surface area contributed by atoms with Crippen LogP contribution in [0.1, 0.15) is 142 Å². The number of hydrogen-bond acceptors (Lipinski definition) is 16. The molecule has 16 heteroatoms. The lowest BCUT2D eigenvalue weighted by atomic mass is 9.69. The topological polar surface area (TPSA) is 205 Å². The van der Waals surface area contributed by atoms with Gasteiger partial charge in [-0.1, -0.05) is 50.5 Å². The van der Waals surface area contributed by atoms with E-state index in [2.05, 4.69) is 13.2 Å². The lowest BCUT2D eigenvalue weighted by Crippen LogP contribution is -2.32. The maximum absolute atomic E-state index is 13.7. The molecule has 0 N–H and O–H groups in total. The van der Waals surface area contributed by atoms with Crippen molar-refractivity contribution >= 4 is 59.3 Å². The molecule has 1 aliphatic heterocycles.